The topological polar surface area (TPSA) is 144 Å². The number of rotatable bonds is 10. The van der Waals surface area contributed by atoms with Crippen LogP contribution in [-0.4, -0.2) is 56.3 Å². The van der Waals surface area contributed by atoms with Gasteiger partial charge in [0.05, 0.1) is 33.9 Å². The maximum absolute atomic E-state index is 15.3. The van der Waals surface area contributed by atoms with Crippen LogP contribution >= 0.6 is 11.6 Å². The van der Waals surface area contributed by atoms with Gasteiger partial charge in [0.1, 0.15) is 41.4 Å². The van der Waals surface area contributed by atoms with E-state index >= 15 is 8.78 Å². The molecule has 3 aromatic heterocycles. The molecule has 4 atom stereocenters. The highest BCUT2D eigenvalue weighted by molar-refractivity contribution is 7.92. The number of aliphatic hydroxyl groups is 1. The van der Waals surface area contributed by atoms with Gasteiger partial charge in [-0.1, -0.05) is 23.6 Å². The predicted octanol–water partition coefficient (Wildman–Crippen LogP) is 6.11. The van der Waals surface area contributed by atoms with Gasteiger partial charge in [-0.2, -0.15) is 19.0 Å². The lowest BCUT2D eigenvalue weighted by Crippen LogP contribution is -2.35. The summed E-state index contributed by atoms with van der Waals surface area (Å²) in [6, 6.07) is 7.47. The van der Waals surface area contributed by atoms with E-state index in [0.717, 1.165) is 18.4 Å². The lowest BCUT2D eigenvalue weighted by Gasteiger charge is -2.23. The van der Waals surface area contributed by atoms with E-state index in [1.54, 1.807) is 12.1 Å². The summed E-state index contributed by atoms with van der Waals surface area (Å²) in [7, 11) is -2.30. The van der Waals surface area contributed by atoms with Gasteiger partial charge >= 0.3 is 0 Å². The van der Waals surface area contributed by atoms with Crippen LogP contribution in [0.4, 0.5) is 32.2 Å². The number of nitrogens with zero attached hydrogens (tertiary/aromatic N) is 5. The van der Waals surface area contributed by atoms with E-state index in [0.29, 0.717) is 21.8 Å². The van der Waals surface area contributed by atoms with Crippen molar-refractivity contribution in [2.24, 2.45) is 13.0 Å². The summed E-state index contributed by atoms with van der Waals surface area (Å²) in [4.78, 5) is 18.5. The van der Waals surface area contributed by atoms with Crippen LogP contribution in [0, 0.1) is 29.4 Å². The number of sulfonamides is 1. The number of nitrogens with one attached hydrogen (secondary N) is 2. The number of aryl methyl sites for hydroxylation is 1. The molecule has 2 aliphatic rings. The van der Waals surface area contributed by atoms with E-state index in [9.17, 15) is 35.9 Å². The Bertz CT molecular complexity index is 2550. The molecule has 2 aliphatic carbocycles. The Balaban J connectivity index is 1.38. The molecule has 0 saturated heterocycles. The van der Waals surface area contributed by atoms with Crippen LogP contribution < -0.4 is 10.0 Å². The first kappa shape index (κ1) is 38.2. The minimum atomic E-state index is -3.82. The number of carbonyl (C=O) groups excluding carboxylic acids is 1. The summed E-state index contributed by atoms with van der Waals surface area (Å²) in [5.74, 6) is -3.12. The molecule has 2 aromatic carbocycles. The van der Waals surface area contributed by atoms with E-state index in [1.165, 1.54) is 30.8 Å². The highest BCUT2D eigenvalue weighted by atomic mass is 35.5. The number of anilines is 1. The number of benzene rings is 2. The highest BCUT2D eigenvalue weighted by Gasteiger charge is 2.67. The Kier molecular flexibility index (Phi) is 9.63. The molecule has 55 heavy (non-hydrogen) atoms. The lowest BCUT2D eigenvalue weighted by molar-refractivity contribution is -0.123. The van der Waals surface area contributed by atoms with Gasteiger partial charge in [-0.15, -0.1) is 0 Å². The van der Waals surface area contributed by atoms with Crippen LogP contribution in [0.2, 0.25) is 5.02 Å². The van der Waals surface area contributed by atoms with Gasteiger partial charge in [0.15, 0.2) is 5.82 Å². The summed E-state index contributed by atoms with van der Waals surface area (Å²) in [6.07, 6.45) is -3.63. The zero-order valence-electron chi connectivity index (χ0n) is 29.0. The second kappa shape index (κ2) is 13.9. The van der Waals surface area contributed by atoms with E-state index in [1.807, 2.05) is 0 Å². The number of carbonyl (C=O) groups is 1. The number of fused-ring (bicyclic) bond motifs is 4. The van der Waals surface area contributed by atoms with Crippen molar-refractivity contribution in [1.29, 1.82) is 0 Å². The first-order chi connectivity index (χ1) is 25.8. The van der Waals surface area contributed by atoms with Crippen molar-refractivity contribution in [1.82, 2.24) is 29.9 Å². The Hall–Kier alpha value is -5.12. The molecule has 1 fully saturated rings. The standard InChI is InChI=1S/C36H30ClF6N7O4S/c1-16(51)4-5-20-6-7-21(22-8-9-25(37)29-32(22)49(2)47-35(29)48-55(3,53)54)30(44-20)26(12-17-10-18(38)13-19(39)11-17)45-27(52)15-50-33-28(31(46-50)34(40)41)23-14-24(23)36(33,42)43/h6-11,13,16,23-24,26,34,51H,12,14-15H2,1-3H3,(H,45,52)(H,47,48)/t16-,23-,24+,26-/m0/s1. The maximum Gasteiger partial charge on any atom is 0.293 e. The molecule has 0 radical (unpaired) electrons. The van der Waals surface area contributed by atoms with Crippen molar-refractivity contribution in [3.05, 3.63) is 93.0 Å². The fraction of sp³-hybridized carbons (Fsp3) is 0.333. The molecule has 288 valence electrons. The molecule has 0 unspecified atom stereocenters. The normalized spacial score (nSPS) is 18.0. The summed E-state index contributed by atoms with van der Waals surface area (Å²) < 4.78 is 116. The third-order valence-corrected chi connectivity index (χ3v) is 10.2. The van der Waals surface area contributed by atoms with Crippen molar-refractivity contribution < 1.29 is 44.7 Å². The molecular formula is C36H30ClF6N7O4S. The van der Waals surface area contributed by atoms with E-state index in [-0.39, 0.29) is 57.1 Å². The Morgan fingerprint density at radius 3 is 2.44 bits per heavy atom. The number of amides is 1. The molecule has 0 bridgehead atoms. The third-order valence-electron chi connectivity index (χ3n) is 9.33. The molecule has 3 heterocycles. The molecule has 7 rings (SSSR count). The number of aliphatic hydroxyl groups excluding tert-OH is 1. The van der Waals surface area contributed by atoms with Gasteiger partial charge in [0.2, 0.25) is 15.9 Å². The Morgan fingerprint density at radius 2 is 1.78 bits per heavy atom. The average Bonchev–Trinajstić information content (AvgIpc) is 3.62. The SMILES string of the molecule is C[C@H](O)C#Cc1ccc(-c2ccc(Cl)c3c(NS(C)(=O)=O)nn(C)c23)c([C@H](Cc2cc(F)cc(F)c2)NC(=O)Cn2nc(C(F)F)c3c2C(F)(F)[C@@H]2C[C@H]32)n1. The minimum absolute atomic E-state index is 0.0209. The fourth-order valence-electron chi connectivity index (χ4n) is 7.19. The van der Waals surface area contributed by atoms with Gasteiger partial charge in [-0.3, -0.25) is 18.9 Å². The first-order valence-electron chi connectivity index (χ1n) is 16.7. The van der Waals surface area contributed by atoms with Crippen molar-refractivity contribution in [2.75, 3.05) is 11.0 Å². The van der Waals surface area contributed by atoms with Crippen molar-refractivity contribution in [3.8, 4) is 23.0 Å². The minimum Gasteiger partial charge on any atom is -0.381 e. The number of alkyl halides is 4. The smallest absolute Gasteiger partial charge is 0.293 e. The zero-order chi connectivity index (χ0) is 39.7. The second-order valence-corrected chi connectivity index (χ2v) is 15.7. The van der Waals surface area contributed by atoms with E-state index in [4.69, 9.17) is 11.6 Å². The van der Waals surface area contributed by atoms with Crippen LogP contribution in [0.25, 0.3) is 22.0 Å². The Morgan fingerprint density at radius 1 is 1.09 bits per heavy atom. The lowest BCUT2D eigenvalue weighted by atomic mass is 9.93. The van der Waals surface area contributed by atoms with Gasteiger partial charge in [-0.25, -0.2) is 31.0 Å². The molecule has 1 amide bonds. The molecule has 11 nitrogen and oxygen atoms in total. The van der Waals surface area contributed by atoms with Crippen LogP contribution in [-0.2, 0) is 40.8 Å². The number of pyridine rings is 1. The summed E-state index contributed by atoms with van der Waals surface area (Å²) in [6.45, 7) is 0.500. The largest absolute Gasteiger partial charge is 0.381 e. The van der Waals surface area contributed by atoms with E-state index < -0.39 is 81.8 Å². The Labute approximate surface area is 314 Å². The van der Waals surface area contributed by atoms with E-state index in [2.05, 4.69) is 37.1 Å². The van der Waals surface area contributed by atoms with Crippen molar-refractivity contribution in [3.63, 3.8) is 0 Å². The molecule has 0 aliphatic heterocycles. The molecule has 3 N–H and O–H groups in total. The van der Waals surface area contributed by atoms with Gasteiger partial charge in [-0.05, 0) is 67.5 Å². The van der Waals surface area contributed by atoms with Crippen LogP contribution in [0.5, 0.6) is 0 Å². The van der Waals surface area contributed by atoms with Crippen LogP contribution in [0.1, 0.15) is 65.6 Å². The van der Waals surface area contributed by atoms with Gasteiger partial charge in [0.25, 0.3) is 12.3 Å². The highest BCUT2D eigenvalue weighted by Crippen LogP contribution is 2.68. The summed E-state index contributed by atoms with van der Waals surface area (Å²) in [5.41, 5.74) is -0.743. The number of halogens is 7. The third kappa shape index (κ3) is 7.35. The average molecular weight is 806 g/mol. The second-order valence-electron chi connectivity index (χ2n) is 13.5. The van der Waals surface area contributed by atoms with Crippen LogP contribution in [0.3, 0.4) is 0 Å². The van der Waals surface area contributed by atoms with Crippen molar-refractivity contribution in [2.45, 2.75) is 56.7 Å². The predicted molar refractivity (Wildman–Crippen MR) is 189 cm³/mol. The van der Waals surface area contributed by atoms with Gasteiger partial charge < -0.3 is 10.4 Å². The van der Waals surface area contributed by atoms with Crippen molar-refractivity contribution >= 4 is 44.3 Å². The number of aromatic nitrogens is 5. The molecule has 0 spiro atoms. The van der Waals surface area contributed by atoms with Gasteiger partial charge in [0, 0.05) is 35.7 Å². The summed E-state index contributed by atoms with van der Waals surface area (Å²) >= 11 is 6.56. The molecule has 19 heteroatoms. The number of hydrogen-bond acceptors (Lipinski definition) is 7. The molecule has 1 saturated carbocycles. The fourth-order valence-corrected chi connectivity index (χ4v) is 7.93. The summed E-state index contributed by atoms with van der Waals surface area (Å²) in [5, 5.41) is 20.9. The zero-order valence-corrected chi connectivity index (χ0v) is 30.6. The maximum atomic E-state index is 15.3. The monoisotopic (exact) mass is 805 g/mol. The molecular weight excluding hydrogens is 776 g/mol. The quantitative estimate of drug-likeness (QED) is 0.114. The number of hydrogen-bond donors (Lipinski definition) is 3. The molecule has 5 aromatic rings. The first-order valence-corrected chi connectivity index (χ1v) is 18.9. The van der Waals surface area contributed by atoms with Crippen LogP contribution in [0.15, 0.2) is 42.5 Å².